The monoisotopic (exact) mass is 315 g/mol. The first-order valence-electron chi connectivity index (χ1n) is 8.58. The number of likely N-dealkylation sites (tertiary alicyclic amines) is 1. The lowest BCUT2D eigenvalue weighted by Gasteiger charge is -2.21. The Bertz CT molecular complexity index is 670. The lowest BCUT2D eigenvalue weighted by Crippen LogP contribution is -2.32. The molecule has 2 heterocycles. The number of hydrogen-bond acceptors (Lipinski definition) is 3. The molecular formula is C18H25N3O2. The summed E-state index contributed by atoms with van der Waals surface area (Å²) < 4.78 is 1.98. The van der Waals surface area contributed by atoms with E-state index in [0.717, 1.165) is 37.0 Å². The Labute approximate surface area is 136 Å². The average molecular weight is 315 g/mol. The van der Waals surface area contributed by atoms with Gasteiger partial charge in [-0.05, 0) is 31.9 Å². The molecular weight excluding hydrogens is 290 g/mol. The summed E-state index contributed by atoms with van der Waals surface area (Å²) in [5, 5.41) is 9.98. The number of imidazole rings is 1. The maximum absolute atomic E-state index is 12.5. The van der Waals surface area contributed by atoms with E-state index < -0.39 is 6.10 Å². The summed E-state index contributed by atoms with van der Waals surface area (Å²) in [7, 11) is 0. The molecule has 0 aliphatic carbocycles. The summed E-state index contributed by atoms with van der Waals surface area (Å²) in [5.74, 6) is 0.844. The number of aromatic nitrogens is 2. The highest BCUT2D eigenvalue weighted by Gasteiger charge is 2.18. The number of carbonyl (C=O) groups is 1. The highest BCUT2D eigenvalue weighted by Crippen LogP contribution is 2.21. The maximum Gasteiger partial charge on any atom is 0.224 e. The van der Waals surface area contributed by atoms with Gasteiger partial charge in [0.05, 0.1) is 11.0 Å². The minimum absolute atomic E-state index is 0.209. The molecule has 0 saturated carbocycles. The van der Waals surface area contributed by atoms with Crippen molar-refractivity contribution in [2.75, 3.05) is 13.1 Å². The van der Waals surface area contributed by atoms with Gasteiger partial charge in [-0.15, -0.1) is 0 Å². The number of amides is 1. The first-order valence-corrected chi connectivity index (χ1v) is 8.58. The van der Waals surface area contributed by atoms with Crippen LogP contribution in [0.5, 0.6) is 0 Å². The molecule has 0 radical (unpaired) electrons. The van der Waals surface area contributed by atoms with Crippen LogP contribution in [0.25, 0.3) is 11.0 Å². The Morgan fingerprint density at radius 1 is 1.22 bits per heavy atom. The molecule has 3 rings (SSSR count). The molecule has 2 aromatic rings. The Kier molecular flexibility index (Phi) is 4.96. The molecule has 23 heavy (non-hydrogen) atoms. The van der Waals surface area contributed by atoms with Gasteiger partial charge in [-0.3, -0.25) is 4.79 Å². The highest BCUT2D eigenvalue weighted by molar-refractivity contribution is 5.78. The van der Waals surface area contributed by atoms with Gasteiger partial charge in [0.1, 0.15) is 11.9 Å². The van der Waals surface area contributed by atoms with Crippen molar-refractivity contribution in [2.45, 2.75) is 51.7 Å². The van der Waals surface area contributed by atoms with Crippen LogP contribution in [0.1, 0.15) is 51.0 Å². The van der Waals surface area contributed by atoms with Crippen LogP contribution in [0.2, 0.25) is 0 Å². The van der Waals surface area contributed by atoms with Crippen molar-refractivity contribution in [1.29, 1.82) is 0 Å². The van der Waals surface area contributed by atoms with Crippen LogP contribution in [0.15, 0.2) is 24.3 Å². The van der Waals surface area contributed by atoms with Crippen molar-refractivity contribution in [1.82, 2.24) is 14.5 Å². The van der Waals surface area contributed by atoms with Gasteiger partial charge in [-0.2, -0.15) is 0 Å². The summed E-state index contributed by atoms with van der Waals surface area (Å²) in [6.07, 6.45) is 4.48. The summed E-state index contributed by atoms with van der Waals surface area (Å²) in [4.78, 5) is 19.0. The number of rotatable bonds is 4. The van der Waals surface area contributed by atoms with Gasteiger partial charge in [0.15, 0.2) is 0 Å². The Hall–Kier alpha value is -1.88. The Morgan fingerprint density at radius 3 is 2.61 bits per heavy atom. The lowest BCUT2D eigenvalue weighted by atomic mass is 10.2. The smallest absolute Gasteiger partial charge is 0.224 e. The number of hydrogen-bond donors (Lipinski definition) is 1. The highest BCUT2D eigenvalue weighted by atomic mass is 16.3. The van der Waals surface area contributed by atoms with Gasteiger partial charge >= 0.3 is 0 Å². The van der Waals surface area contributed by atoms with Crippen LogP contribution >= 0.6 is 0 Å². The second kappa shape index (κ2) is 7.13. The Balaban J connectivity index is 1.75. The summed E-state index contributed by atoms with van der Waals surface area (Å²) in [6.45, 7) is 4.05. The zero-order valence-electron chi connectivity index (χ0n) is 13.7. The van der Waals surface area contributed by atoms with Crippen LogP contribution in [-0.4, -0.2) is 38.6 Å². The normalized spacial score (nSPS) is 17.2. The minimum atomic E-state index is -0.643. The molecule has 0 bridgehead atoms. The van der Waals surface area contributed by atoms with Crippen LogP contribution in [0, 0.1) is 0 Å². The topological polar surface area (TPSA) is 58.4 Å². The second-order valence-corrected chi connectivity index (χ2v) is 6.33. The number of nitrogens with zero attached hydrogens (tertiary/aromatic N) is 3. The molecule has 5 heteroatoms. The van der Waals surface area contributed by atoms with E-state index >= 15 is 0 Å². The first kappa shape index (κ1) is 16.0. The van der Waals surface area contributed by atoms with Crippen LogP contribution < -0.4 is 0 Å². The average Bonchev–Trinajstić information content (AvgIpc) is 2.72. The van der Waals surface area contributed by atoms with E-state index in [4.69, 9.17) is 0 Å². The van der Waals surface area contributed by atoms with Crippen molar-refractivity contribution < 1.29 is 9.90 Å². The second-order valence-electron chi connectivity index (χ2n) is 6.33. The number of benzene rings is 1. The lowest BCUT2D eigenvalue weighted by molar-refractivity contribution is -0.131. The van der Waals surface area contributed by atoms with Gasteiger partial charge in [0, 0.05) is 26.1 Å². The zero-order chi connectivity index (χ0) is 16.2. The van der Waals surface area contributed by atoms with E-state index in [2.05, 4.69) is 4.98 Å². The van der Waals surface area contributed by atoms with E-state index in [1.165, 1.54) is 12.8 Å². The van der Waals surface area contributed by atoms with Crippen LogP contribution in [0.4, 0.5) is 0 Å². The standard InChI is InChI=1S/C18H25N3O2/c1-14(22)18-19-15-8-4-5-9-16(15)21(18)13-10-17(23)20-11-6-2-3-7-12-20/h4-5,8-9,14,22H,2-3,6-7,10-13H2,1H3. The molecule has 1 fully saturated rings. The maximum atomic E-state index is 12.5. The fourth-order valence-corrected chi connectivity index (χ4v) is 3.33. The summed E-state index contributed by atoms with van der Waals surface area (Å²) >= 11 is 0. The fraction of sp³-hybridized carbons (Fsp3) is 0.556. The van der Waals surface area contributed by atoms with Gasteiger partial charge < -0.3 is 14.6 Å². The molecule has 1 amide bonds. The fourth-order valence-electron chi connectivity index (χ4n) is 3.33. The van der Waals surface area contributed by atoms with E-state index in [1.807, 2.05) is 33.7 Å². The Morgan fingerprint density at radius 2 is 1.91 bits per heavy atom. The molecule has 124 valence electrons. The van der Waals surface area contributed by atoms with Gasteiger partial charge in [-0.1, -0.05) is 25.0 Å². The number of aryl methyl sites for hydroxylation is 1. The van der Waals surface area contributed by atoms with Gasteiger partial charge in [-0.25, -0.2) is 4.98 Å². The van der Waals surface area contributed by atoms with Crippen molar-refractivity contribution in [3.8, 4) is 0 Å². The molecule has 1 aromatic carbocycles. The molecule has 1 saturated heterocycles. The number of aliphatic hydroxyl groups excluding tert-OH is 1. The number of para-hydroxylation sites is 2. The van der Waals surface area contributed by atoms with E-state index in [-0.39, 0.29) is 5.91 Å². The third-order valence-corrected chi connectivity index (χ3v) is 4.57. The van der Waals surface area contributed by atoms with E-state index in [0.29, 0.717) is 18.8 Å². The molecule has 1 atom stereocenters. The van der Waals surface area contributed by atoms with Gasteiger partial charge in [0.2, 0.25) is 5.91 Å². The molecule has 0 spiro atoms. The van der Waals surface area contributed by atoms with Crippen molar-refractivity contribution >= 4 is 16.9 Å². The van der Waals surface area contributed by atoms with Crippen molar-refractivity contribution in [3.63, 3.8) is 0 Å². The van der Waals surface area contributed by atoms with Crippen LogP contribution in [0.3, 0.4) is 0 Å². The third-order valence-electron chi connectivity index (χ3n) is 4.57. The molecule has 1 unspecified atom stereocenters. The SMILES string of the molecule is CC(O)c1nc2ccccc2n1CCC(=O)N1CCCCCC1. The van der Waals surface area contributed by atoms with E-state index in [1.54, 1.807) is 6.92 Å². The number of aliphatic hydroxyl groups is 1. The molecule has 1 N–H and O–H groups in total. The third kappa shape index (κ3) is 3.55. The number of fused-ring (bicyclic) bond motifs is 1. The predicted octanol–water partition coefficient (Wildman–Crippen LogP) is 2.88. The molecule has 5 nitrogen and oxygen atoms in total. The van der Waals surface area contributed by atoms with Crippen molar-refractivity contribution in [2.24, 2.45) is 0 Å². The van der Waals surface area contributed by atoms with Crippen LogP contribution in [-0.2, 0) is 11.3 Å². The van der Waals surface area contributed by atoms with Gasteiger partial charge in [0.25, 0.3) is 0 Å². The van der Waals surface area contributed by atoms with Crippen molar-refractivity contribution in [3.05, 3.63) is 30.1 Å². The first-order chi connectivity index (χ1) is 11.2. The molecule has 1 aromatic heterocycles. The largest absolute Gasteiger partial charge is 0.385 e. The minimum Gasteiger partial charge on any atom is -0.385 e. The summed E-state index contributed by atoms with van der Waals surface area (Å²) in [5.41, 5.74) is 1.85. The summed E-state index contributed by atoms with van der Waals surface area (Å²) in [6, 6.07) is 7.83. The molecule has 1 aliphatic heterocycles. The number of carbonyl (C=O) groups excluding carboxylic acids is 1. The quantitative estimate of drug-likeness (QED) is 0.944. The predicted molar refractivity (Wildman–Crippen MR) is 90.0 cm³/mol. The zero-order valence-corrected chi connectivity index (χ0v) is 13.7. The van der Waals surface area contributed by atoms with E-state index in [9.17, 15) is 9.90 Å². The molecule has 1 aliphatic rings.